The van der Waals surface area contributed by atoms with Gasteiger partial charge in [0.15, 0.2) is 9.84 Å². The molecule has 17 heavy (non-hydrogen) atoms. The Morgan fingerprint density at radius 2 is 2.06 bits per heavy atom. The molecule has 96 valence electrons. The number of sulfone groups is 1. The highest BCUT2D eigenvalue weighted by Crippen LogP contribution is 2.41. The molecule has 0 bridgehead atoms. The van der Waals surface area contributed by atoms with Crippen LogP contribution in [0.3, 0.4) is 0 Å². The van der Waals surface area contributed by atoms with Crippen molar-refractivity contribution in [2.75, 3.05) is 5.75 Å². The molecule has 0 fully saturated rings. The summed E-state index contributed by atoms with van der Waals surface area (Å²) < 4.78 is 33.8. The van der Waals surface area contributed by atoms with Gasteiger partial charge in [-0.3, -0.25) is 0 Å². The summed E-state index contributed by atoms with van der Waals surface area (Å²) in [5, 5.41) is 9.83. The van der Waals surface area contributed by atoms with E-state index in [1.807, 2.05) is 0 Å². The maximum absolute atomic E-state index is 12.9. The molecule has 1 aromatic rings. The van der Waals surface area contributed by atoms with Crippen molar-refractivity contribution in [3.63, 3.8) is 0 Å². The number of aliphatic hydroxyl groups excluding tert-OH is 1. The van der Waals surface area contributed by atoms with E-state index in [1.54, 1.807) is 0 Å². The van der Waals surface area contributed by atoms with Gasteiger partial charge in [0.1, 0.15) is 11.9 Å². The smallest absolute Gasteiger partial charge is 0.247 e. The maximum atomic E-state index is 12.9. The van der Waals surface area contributed by atoms with Crippen LogP contribution in [0.2, 0.25) is 0 Å². The van der Waals surface area contributed by atoms with Crippen LogP contribution in [0.25, 0.3) is 0 Å². The predicted octanol–water partition coefficient (Wildman–Crippen LogP) is 2.43. The van der Waals surface area contributed by atoms with Gasteiger partial charge < -0.3 is 5.11 Å². The standard InChI is InChI=1S/C10H11Cl2FO3S/c1-2-17(15,16)10(11,12)9(14)7-4-3-5-8(13)6-7/h3-6,9,14H,2H2,1H3/t9-/m0/s1. The quantitative estimate of drug-likeness (QED) is 0.869. The fraction of sp³-hybridized carbons (Fsp3) is 0.400. The summed E-state index contributed by atoms with van der Waals surface area (Å²) in [6.07, 6.45) is -1.72. The average molecular weight is 301 g/mol. The summed E-state index contributed by atoms with van der Waals surface area (Å²) in [5.74, 6) is -0.939. The van der Waals surface area contributed by atoms with E-state index in [9.17, 15) is 17.9 Å². The number of aliphatic hydroxyl groups is 1. The van der Waals surface area contributed by atoms with Crippen molar-refractivity contribution >= 4 is 33.0 Å². The minimum absolute atomic E-state index is 0.00650. The van der Waals surface area contributed by atoms with Gasteiger partial charge >= 0.3 is 0 Å². The molecule has 0 spiro atoms. The molecule has 1 rings (SSSR count). The van der Waals surface area contributed by atoms with Gasteiger partial charge in [0.05, 0.1) is 5.75 Å². The van der Waals surface area contributed by atoms with Crippen molar-refractivity contribution in [2.24, 2.45) is 0 Å². The SMILES string of the molecule is CCS(=O)(=O)C(Cl)(Cl)[C@@H](O)c1cccc(F)c1. The number of halogens is 3. The molecule has 1 atom stereocenters. The van der Waals surface area contributed by atoms with Gasteiger partial charge in [0, 0.05) is 0 Å². The summed E-state index contributed by atoms with van der Waals surface area (Å²) in [6, 6.07) is 4.82. The lowest BCUT2D eigenvalue weighted by atomic mass is 10.1. The molecule has 0 saturated heterocycles. The summed E-state index contributed by atoms with van der Waals surface area (Å²) >= 11 is 11.3. The summed E-state index contributed by atoms with van der Waals surface area (Å²) in [6.45, 7) is 1.35. The second kappa shape index (κ2) is 5.10. The van der Waals surface area contributed by atoms with E-state index < -0.39 is 25.4 Å². The second-order valence-corrected chi connectivity index (χ2v) is 7.71. The first-order valence-corrected chi connectivity index (χ1v) is 7.17. The molecule has 0 amide bonds. The van der Waals surface area contributed by atoms with Crippen LogP contribution in [-0.4, -0.2) is 22.9 Å². The molecule has 0 aliphatic rings. The lowest BCUT2D eigenvalue weighted by Gasteiger charge is -2.25. The minimum Gasteiger partial charge on any atom is -0.384 e. The molecule has 1 N–H and O–H groups in total. The van der Waals surface area contributed by atoms with Crippen LogP contribution in [0.15, 0.2) is 24.3 Å². The van der Waals surface area contributed by atoms with Crippen molar-refractivity contribution in [2.45, 2.75) is 16.7 Å². The Labute approximate surface area is 109 Å². The van der Waals surface area contributed by atoms with Crippen LogP contribution < -0.4 is 0 Å². The van der Waals surface area contributed by atoms with Crippen LogP contribution in [0.4, 0.5) is 4.39 Å². The molecule has 0 heterocycles. The van der Waals surface area contributed by atoms with Gasteiger partial charge in [0.2, 0.25) is 3.67 Å². The van der Waals surface area contributed by atoms with Gasteiger partial charge in [-0.15, -0.1) is 0 Å². The van der Waals surface area contributed by atoms with Crippen LogP contribution in [0.1, 0.15) is 18.6 Å². The number of hydrogen-bond donors (Lipinski definition) is 1. The lowest BCUT2D eigenvalue weighted by molar-refractivity contribution is 0.180. The molecule has 7 heteroatoms. The fourth-order valence-electron chi connectivity index (χ4n) is 1.23. The second-order valence-electron chi connectivity index (χ2n) is 3.42. The number of alkyl halides is 2. The van der Waals surface area contributed by atoms with Crippen molar-refractivity contribution in [1.29, 1.82) is 0 Å². The van der Waals surface area contributed by atoms with Gasteiger partial charge in [-0.05, 0) is 17.7 Å². The van der Waals surface area contributed by atoms with E-state index in [1.165, 1.54) is 19.1 Å². The van der Waals surface area contributed by atoms with Crippen molar-refractivity contribution in [3.8, 4) is 0 Å². The first-order valence-electron chi connectivity index (χ1n) is 4.76. The molecular formula is C10H11Cl2FO3S. The van der Waals surface area contributed by atoms with E-state index in [-0.39, 0.29) is 11.3 Å². The highest BCUT2D eigenvalue weighted by molar-refractivity contribution is 7.95. The Balaban J connectivity index is 3.17. The van der Waals surface area contributed by atoms with Gasteiger partial charge in [-0.2, -0.15) is 0 Å². The number of hydrogen-bond acceptors (Lipinski definition) is 3. The molecule has 0 radical (unpaired) electrons. The molecule has 1 aromatic carbocycles. The molecule has 3 nitrogen and oxygen atoms in total. The van der Waals surface area contributed by atoms with Gasteiger partial charge in [-0.1, -0.05) is 42.3 Å². The van der Waals surface area contributed by atoms with Crippen molar-refractivity contribution in [3.05, 3.63) is 35.6 Å². The third kappa shape index (κ3) is 2.91. The average Bonchev–Trinajstić information content (AvgIpc) is 2.27. The summed E-state index contributed by atoms with van der Waals surface area (Å²) in [4.78, 5) is 0. The maximum Gasteiger partial charge on any atom is 0.247 e. The zero-order valence-corrected chi connectivity index (χ0v) is 11.2. The van der Waals surface area contributed by atoms with Crippen LogP contribution >= 0.6 is 23.2 Å². The minimum atomic E-state index is -3.90. The molecule has 0 aromatic heterocycles. The van der Waals surface area contributed by atoms with Gasteiger partial charge in [-0.25, -0.2) is 12.8 Å². The highest BCUT2D eigenvalue weighted by atomic mass is 35.5. The van der Waals surface area contributed by atoms with Crippen LogP contribution in [0, 0.1) is 5.82 Å². The van der Waals surface area contributed by atoms with E-state index in [4.69, 9.17) is 23.2 Å². The molecule has 0 aliphatic heterocycles. The monoisotopic (exact) mass is 300 g/mol. The number of rotatable bonds is 4. The molecular weight excluding hydrogens is 290 g/mol. The predicted molar refractivity (Wildman–Crippen MR) is 65.3 cm³/mol. The first-order chi connectivity index (χ1) is 7.72. The normalized spacial score (nSPS) is 14.6. The molecule has 0 aliphatic carbocycles. The van der Waals surface area contributed by atoms with Crippen molar-refractivity contribution in [1.82, 2.24) is 0 Å². The fourth-order valence-corrected chi connectivity index (χ4v) is 3.00. The van der Waals surface area contributed by atoms with E-state index in [0.717, 1.165) is 12.1 Å². The highest BCUT2D eigenvalue weighted by Gasteiger charge is 2.46. The molecule has 0 saturated carbocycles. The van der Waals surface area contributed by atoms with E-state index in [2.05, 4.69) is 0 Å². The topological polar surface area (TPSA) is 54.4 Å². The Kier molecular flexibility index (Phi) is 4.41. The lowest BCUT2D eigenvalue weighted by Crippen LogP contribution is -2.34. The third-order valence-corrected chi connectivity index (χ3v) is 5.91. The van der Waals surface area contributed by atoms with E-state index >= 15 is 0 Å². The zero-order chi connectivity index (χ0) is 13.3. The van der Waals surface area contributed by atoms with Gasteiger partial charge in [0.25, 0.3) is 0 Å². The Bertz CT molecular complexity index is 502. The summed E-state index contributed by atoms with van der Waals surface area (Å²) in [7, 11) is -3.90. The third-order valence-electron chi connectivity index (χ3n) is 2.28. The number of benzene rings is 1. The summed E-state index contributed by atoms with van der Waals surface area (Å²) in [5.41, 5.74) is 0.00650. The van der Waals surface area contributed by atoms with Crippen LogP contribution in [0.5, 0.6) is 0 Å². The van der Waals surface area contributed by atoms with Crippen LogP contribution in [-0.2, 0) is 9.84 Å². The zero-order valence-electron chi connectivity index (χ0n) is 8.90. The Hall–Kier alpha value is -0.360. The Morgan fingerprint density at radius 1 is 1.47 bits per heavy atom. The molecule has 0 unspecified atom stereocenters. The van der Waals surface area contributed by atoms with E-state index in [0.29, 0.717) is 0 Å². The largest absolute Gasteiger partial charge is 0.384 e. The first kappa shape index (κ1) is 14.7. The Morgan fingerprint density at radius 3 is 2.53 bits per heavy atom. The van der Waals surface area contributed by atoms with Crippen molar-refractivity contribution < 1.29 is 17.9 Å².